The van der Waals surface area contributed by atoms with Crippen LogP contribution in [0.4, 0.5) is 0 Å². The molecule has 0 heterocycles. The third kappa shape index (κ3) is 4.36. The molecule has 1 unspecified atom stereocenters. The van der Waals surface area contributed by atoms with Gasteiger partial charge in [0.05, 0.1) is 0 Å². The largest absolute Gasteiger partial charge is 0.310 e. The van der Waals surface area contributed by atoms with Gasteiger partial charge in [-0.1, -0.05) is 43.5 Å². The van der Waals surface area contributed by atoms with Gasteiger partial charge in [0.2, 0.25) is 0 Å². The van der Waals surface area contributed by atoms with Crippen LogP contribution in [0.5, 0.6) is 0 Å². The van der Waals surface area contributed by atoms with Crippen molar-refractivity contribution in [2.45, 2.75) is 59.5 Å². The molecule has 0 spiro atoms. The van der Waals surface area contributed by atoms with Gasteiger partial charge in [0.1, 0.15) is 0 Å². The summed E-state index contributed by atoms with van der Waals surface area (Å²) in [5.74, 6) is 0. The number of hydrogen-bond donors (Lipinski definition) is 1. The second kappa shape index (κ2) is 6.70. The van der Waals surface area contributed by atoms with Crippen LogP contribution in [0.2, 0.25) is 0 Å². The fourth-order valence-corrected chi connectivity index (χ4v) is 1.94. The lowest BCUT2D eigenvalue weighted by molar-refractivity contribution is 0.494. The lowest BCUT2D eigenvalue weighted by Gasteiger charge is -2.14. The van der Waals surface area contributed by atoms with Crippen molar-refractivity contribution in [3.05, 3.63) is 34.9 Å². The molecule has 0 amide bonds. The summed E-state index contributed by atoms with van der Waals surface area (Å²) in [6.07, 6.45) is 3.89. The molecular weight excluding hydrogens is 194 g/mol. The van der Waals surface area contributed by atoms with Crippen LogP contribution in [-0.2, 0) is 6.54 Å². The first-order valence-electron chi connectivity index (χ1n) is 6.43. The van der Waals surface area contributed by atoms with E-state index in [1.54, 1.807) is 0 Å². The van der Waals surface area contributed by atoms with Gasteiger partial charge in [-0.25, -0.2) is 0 Å². The fourth-order valence-electron chi connectivity index (χ4n) is 1.94. The summed E-state index contributed by atoms with van der Waals surface area (Å²) in [6, 6.07) is 7.32. The first-order valence-corrected chi connectivity index (χ1v) is 6.43. The van der Waals surface area contributed by atoms with Crippen LogP contribution in [0.3, 0.4) is 0 Å². The maximum atomic E-state index is 3.59. The number of rotatable bonds is 6. The molecule has 1 atom stereocenters. The number of hydrogen-bond acceptors (Lipinski definition) is 1. The third-order valence-corrected chi connectivity index (χ3v) is 3.13. The Balaban J connectivity index is 2.42. The van der Waals surface area contributed by atoms with Gasteiger partial charge < -0.3 is 5.32 Å². The minimum Gasteiger partial charge on any atom is -0.310 e. The van der Waals surface area contributed by atoms with E-state index in [9.17, 15) is 0 Å². The summed E-state index contributed by atoms with van der Waals surface area (Å²) in [5, 5.41) is 3.59. The Hall–Kier alpha value is -0.820. The molecule has 90 valence electrons. The second-order valence-corrected chi connectivity index (χ2v) is 4.85. The van der Waals surface area contributed by atoms with E-state index in [2.05, 4.69) is 51.2 Å². The Labute approximate surface area is 100 Å². The summed E-state index contributed by atoms with van der Waals surface area (Å²) in [7, 11) is 0. The van der Waals surface area contributed by atoms with Crippen LogP contribution in [-0.4, -0.2) is 6.04 Å². The average molecular weight is 219 g/mol. The van der Waals surface area contributed by atoms with Crippen LogP contribution >= 0.6 is 0 Å². The molecule has 16 heavy (non-hydrogen) atoms. The first kappa shape index (κ1) is 13.2. The predicted octanol–water partition coefficient (Wildman–Crippen LogP) is 3.97. The van der Waals surface area contributed by atoms with Gasteiger partial charge in [0.25, 0.3) is 0 Å². The maximum absolute atomic E-state index is 3.59. The highest BCUT2D eigenvalue weighted by molar-refractivity contribution is 5.30. The molecule has 0 aliphatic carbocycles. The molecule has 0 aliphatic heterocycles. The van der Waals surface area contributed by atoms with E-state index in [-0.39, 0.29) is 0 Å². The van der Waals surface area contributed by atoms with Crippen LogP contribution in [0.25, 0.3) is 0 Å². The van der Waals surface area contributed by atoms with Gasteiger partial charge in [-0.05, 0) is 38.3 Å². The molecule has 1 N–H and O–H groups in total. The number of unbranched alkanes of at least 4 members (excludes halogenated alkanes) is 1. The minimum absolute atomic E-state index is 0.626. The summed E-state index contributed by atoms with van der Waals surface area (Å²) in [4.78, 5) is 0. The molecule has 0 aliphatic rings. The van der Waals surface area contributed by atoms with Crippen LogP contribution in [0, 0.1) is 13.8 Å². The molecule has 0 bridgehead atoms. The van der Waals surface area contributed by atoms with Crippen molar-refractivity contribution < 1.29 is 0 Å². The second-order valence-electron chi connectivity index (χ2n) is 4.85. The van der Waals surface area contributed by atoms with E-state index < -0.39 is 0 Å². The minimum atomic E-state index is 0.626. The van der Waals surface area contributed by atoms with Crippen molar-refractivity contribution >= 4 is 0 Å². The smallest absolute Gasteiger partial charge is 0.0210 e. The molecule has 0 saturated carbocycles. The summed E-state index contributed by atoms with van der Waals surface area (Å²) >= 11 is 0. The Morgan fingerprint density at radius 1 is 1.25 bits per heavy atom. The topological polar surface area (TPSA) is 12.0 Å². The molecule has 1 heteroatoms. The molecule has 1 aromatic carbocycles. The first-order chi connectivity index (χ1) is 7.63. The zero-order chi connectivity index (χ0) is 12.0. The SMILES string of the molecule is CCCCC(C)NCc1ccc(C)cc1C. The van der Waals surface area contributed by atoms with Gasteiger partial charge >= 0.3 is 0 Å². The summed E-state index contributed by atoms with van der Waals surface area (Å²) in [5.41, 5.74) is 4.17. The summed E-state index contributed by atoms with van der Waals surface area (Å²) < 4.78 is 0. The van der Waals surface area contributed by atoms with Crippen molar-refractivity contribution in [3.63, 3.8) is 0 Å². The molecule has 0 fully saturated rings. The van der Waals surface area contributed by atoms with Crippen LogP contribution < -0.4 is 5.32 Å². The highest BCUT2D eigenvalue weighted by Crippen LogP contribution is 2.11. The van der Waals surface area contributed by atoms with E-state index in [1.807, 2.05) is 0 Å². The predicted molar refractivity (Wildman–Crippen MR) is 71.7 cm³/mol. The zero-order valence-corrected chi connectivity index (χ0v) is 11.1. The molecular formula is C15H25N. The van der Waals surface area contributed by atoms with E-state index >= 15 is 0 Å². The van der Waals surface area contributed by atoms with Crippen LogP contribution in [0.15, 0.2) is 18.2 Å². The van der Waals surface area contributed by atoms with Gasteiger partial charge in [0.15, 0.2) is 0 Å². The Morgan fingerprint density at radius 2 is 2.00 bits per heavy atom. The third-order valence-electron chi connectivity index (χ3n) is 3.13. The Morgan fingerprint density at radius 3 is 2.62 bits per heavy atom. The highest BCUT2D eigenvalue weighted by atomic mass is 14.9. The molecule has 0 aromatic heterocycles. The fraction of sp³-hybridized carbons (Fsp3) is 0.600. The van der Waals surface area contributed by atoms with Crippen molar-refractivity contribution in [1.82, 2.24) is 5.32 Å². The Kier molecular flexibility index (Phi) is 5.54. The lowest BCUT2D eigenvalue weighted by Crippen LogP contribution is -2.25. The van der Waals surface area contributed by atoms with E-state index in [0.717, 1.165) is 6.54 Å². The van der Waals surface area contributed by atoms with Crippen molar-refractivity contribution in [1.29, 1.82) is 0 Å². The molecule has 0 saturated heterocycles. The monoisotopic (exact) mass is 219 g/mol. The normalized spacial score (nSPS) is 12.8. The van der Waals surface area contributed by atoms with E-state index in [0.29, 0.717) is 6.04 Å². The van der Waals surface area contributed by atoms with Gasteiger partial charge in [-0.2, -0.15) is 0 Å². The maximum Gasteiger partial charge on any atom is 0.0210 e. The number of aryl methyl sites for hydroxylation is 2. The molecule has 1 nitrogen and oxygen atoms in total. The van der Waals surface area contributed by atoms with Crippen molar-refractivity contribution in [3.8, 4) is 0 Å². The van der Waals surface area contributed by atoms with Crippen molar-refractivity contribution in [2.75, 3.05) is 0 Å². The standard InChI is InChI=1S/C15H25N/c1-5-6-7-14(4)16-11-15-9-8-12(2)10-13(15)3/h8-10,14,16H,5-7,11H2,1-4H3. The molecule has 1 rings (SSSR count). The molecule has 0 radical (unpaired) electrons. The highest BCUT2D eigenvalue weighted by Gasteiger charge is 2.02. The van der Waals surface area contributed by atoms with Crippen molar-refractivity contribution in [2.24, 2.45) is 0 Å². The van der Waals surface area contributed by atoms with Gasteiger partial charge in [-0.3, -0.25) is 0 Å². The Bertz CT molecular complexity index is 317. The quantitative estimate of drug-likeness (QED) is 0.763. The lowest BCUT2D eigenvalue weighted by atomic mass is 10.1. The summed E-state index contributed by atoms with van der Waals surface area (Å²) in [6.45, 7) is 9.86. The van der Waals surface area contributed by atoms with Crippen LogP contribution in [0.1, 0.15) is 49.8 Å². The zero-order valence-electron chi connectivity index (χ0n) is 11.1. The van der Waals surface area contributed by atoms with E-state index in [1.165, 1.54) is 36.0 Å². The number of benzene rings is 1. The average Bonchev–Trinajstić information content (AvgIpc) is 2.25. The van der Waals surface area contributed by atoms with Gasteiger partial charge in [0, 0.05) is 12.6 Å². The number of nitrogens with one attached hydrogen (secondary N) is 1. The van der Waals surface area contributed by atoms with Gasteiger partial charge in [-0.15, -0.1) is 0 Å². The van der Waals surface area contributed by atoms with E-state index in [4.69, 9.17) is 0 Å². The molecule has 1 aromatic rings.